The second-order valence-electron chi connectivity index (χ2n) is 6.44. The van der Waals surface area contributed by atoms with Gasteiger partial charge in [-0.1, -0.05) is 48.6 Å². The van der Waals surface area contributed by atoms with Crippen LogP contribution in [0.25, 0.3) is 0 Å². The minimum absolute atomic E-state index is 0.373. The minimum Gasteiger partial charge on any atom is -0.496 e. The Morgan fingerprint density at radius 3 is 2.12 bits per heavy atom. The van der Waals surface area contributed by atoms with Crippen molar-refractivity contribution >= 4 is 17.2 Å². The van der Waals surface area contributed by atoms with Crippen molar-refractivity contribution in [3.05, 3.63) is 65.2 Å². The van der Waals surface area contributed by atoms with Crippen LogP contribution in [-0.4, -0.2) is 48.1 Å². The van der Waals surface area contributed by atoms with E-state index in [4.69, 9.17) is 22.7 Å². The van der Waals surface area contributed by atoms with Crippen molar-refractivity contribution < 1.29 is 4.74 Å². The van der Waals surface area contributed by atoms with Crippen LogP contribution in [-0.2, 0) is 13.1 Å². The lowest BCUT2D eigenvalue weighted by molar-refractivity contribution is 0.122. The van der Waals surface area contributed by atoms with Gasteiger partial charge in [0.1, 0.15) is 10.7 Å². The zero-order valence-electron chi connectivity index (χ0n) is 14.6. The molecule has 2 aromatic carbocycles. The molecule has 1 heterocycles. The van der Waals surface area contributed by atoms with E-state index in [1.54, 1.807) is 7.11 Å². The summed E-state index contributed by atoms with van der Waals surface area (Å²) in [6.45, 7) is 6.30. The molecule has 5 heteroatoms. The van der Waals surface area contributed by atoms with Crippen LogP contribution < -0.4 is 10.5 Å². The Kier molecular flexibility index (Phi) is 6.02. The largest absolute Gasteiger partial charge is 0.496 e. The molecule has 0 atom stereocenters. The zero-order valence-corrected chi connectivity index (χ0v) is 15.5. The molecule has 0 amide bonds. The third kappa shape index (κ3) is 4.78. The molecule has 1 saturated heterocycles. The number of hydrogen-bond donors (Lipinski definition) is 1. The minimum atomic E-state index is 0.373. The SMILES string of the molecule is COc1cc(CN2CCN(Cc3ccccc3)CC2)ccc1C(N)=S. The van der Waals surface area contributed by atoms with Gasteiger partial charge in [-0.3, -0.25) is 9.80 Å². The quantitative estimate of drug-likeness (QED) is 0.807. The van der Waals surface area contributed by atoms with Gasteiger partial charge in [-0.25, -0.2) is 0 Å². The van der Waals surface area contributed by atoms with E-state index in [-0.39, 0.29) is 0 Å². The predicted octanol–water partition coefficient (Wildman–Crippen LogP) is 2.65. The highest BCUT2D eigenvalue weighted by molar-refractivity contribution is 7.80. The van der Waals surface area contributed by atoms with Gasteiger partial charge in [0.15, 0.2) is 0 Å². The zero-order chi connectivity index (χ0) is 17.6. The van der Waals surface area contributed by atoms with Gasteiger partial charge in [-0.2, -0.15) is 0 Å². The number of rotatable bonds is 6. The van der Waals surface area contributed by atoms with Crippen molar-refractivity contribution in [3.63, 3.8) is 0 Å². The topological polar surface area (TPSA) is 41.7 Å². The first kappa shape index (κ1) is 17.9. The van der Waals surface area contributed by atoms with E-state index in [2.05, 4.69) is 46.2 Å². The average molecular weight is 356 g/mol. The molecule has 0 spiro atoms. The highest BCUT2D eigenvalue weighted by atomic mass is 32.1. The molecule has 0 unspecified atom stereocenters. The van der Waals surface area contributed by atoms with Gasteiger partial charge in [0.2, 0.25) is 0 Å². The molecule has 4 nitrogen and oxygen atoms in total. The first-order valence-corrected chi connectivity index (χ1v) is 9.02. The van der Waals surface area contributed by atoms with Crippen molar-refractivity contribution in [3.8, 4) is 5.75 Å². The Hall–Kier alpha value is -1.95. The molecular weight excluding hydrogens is 330 g/mol. The van der Waals surface area contributed by atoms with E-state index < -0.39 is 0 Å². The number of methoxy groups -OCH3 is 1. The van der Waals surface area contributed by atoms with Gasteiger partial charge in [0.25, 0.3) is 0 Å². The molecule has 0 aliphatic carbocycles. The van der Waals surface area contributed by atoms with Crippen LogP contribution in [0.4, 0.5) is 0 Å². The molecule has 3 rings (SSSR count). The maximum Gasteiger partial charge on any atom is 0.129 e. The standard InChI is InChI=1S/C20H25N3OS/c1-24-19-13-17(7-8-18(19)20(21)25)15-23-11-9-22(10-12-23)14-16-5-3-2-4-6-16/h2-8,13H,9-12,14-15H2,1H3,(H2,21,25). The van der Waals surface area contributed by atoms with Gasteiger partial charge < -0.3 is 10.5 Å². The van der Waals surface area contributed by atoms with Gasteiger partial charge in [-0.05, 0) is 23.3 Å². The molecule has 1 aliphatic rings. The summed E-state index contributed by atoms with van der Waals surface area (Å²) in [5.74, 6) is 0.757. The van der Waals surface area contributed by atoms with Crippen molar-refractivity contribution in [1.82, 2.24) is 9.80 Å². The maximum absolute atomic E-state index is 5.74. The Bertz CT molecular complexity index is 712. The number of nitrogens with zero attached hydrogens (tertiary/aromatic N) is 2. The van der Waals surface area contributed by atoms with Crippen LogP contribution in [0.3, 0.4) is 0 Å². The fourth-order valence-corrected chi connectivity index (χ4v) is 3.41. The fourth-order valence-electron chi connectivity index (χ4n) is 3.24. The monoisotopic (exact) mass is 355 g/mol. The van der Waals surface area contributed by atoms with E-state index in [0.717, 1.165) is 50.6 Å². The summed E-state index contributed by atoms with van der Waals surface area (Å²) in [5.41, 5.74) is 9.15. The first-order valence-electron chi connectivity index (χ1n) is 8.61. The summed E-state index contributed by atoms with van der Waals surface area (Å²) in [4.78, 5) is 5.37. The number of hydrogen-bond acceptors (Lipinski definition) is 4. The third-order valence-electron chi connectivity index (χ3n) is 4.65. The molecule has 1 fully saturated rings. The average Bonchev–Trinajstić information content (AvgIpc) is 2.64. The van der Waals surface area contributed by atoms with Crippen LogP contribution in [0, 0.1) is 0 Å². The van der Waals surface area contributed by atoms with Crippen LogP contribution >= 0.6 is 12.2 Å². The van der Waals surface area contributed by atoms with E-state index in [9.17, 15) is 0 Å². The molecule has 2 N–H and O–H groups in total. The van der Waals surface area contributed by atoms with Crippen LogP contribution in [0.2, 0.25) is 0 Å². The van der Waals surface area contributed by atoms with Gasteiger partial charge in [0, 0.05) is 39.3 Å². The number of nitrogens with two attached hydrogens (primary N) is 1. The Morgan fingerprint density at radius 2 is 1.56 bits per heavy atom. The summed E-state index contributed by atoms with van der Waals surface area (Å²) < 4.78 is 5.43. The lowest BCUT2D eigenvalue weighted by atomic mass is 10.1. The summed E-state index contributed by atoms with van der Waals surface area (Å²) >= 11 is 5.07. The van der Waals surface area contributed by atoms with Crippen molar-refractivity contribution in [1.29, 1.82) is 0 Å². The summed E-state index contributed by atoms with van der Waals surface area (Å²) in [6, 6.07) is 16.8. The smallest absolute Gasteiger partial charge is 0.129 e. The van der Waals surface area contributed by atoms with Crippen molar-refractivity contribution in [2.45, 2.75) is 13.1 Å². The van der Waals surface area contributed by atoms with E-state index in [0.29, 0.717) is 4.99 Å². The first-order chi connectivity index (χ1) is 12.2. The molecule has 132 valence electrons. The van der Waals surface area contributed by atoms with E-state index >= 15 is 0 Å². The number of ether oxygens (including phenoxy) is 1. The van der Waals surface area contributed by atoms with Crippen LogP contribution in [0.15, 0.2) is 48.5 Å². The van der Waals surface area contributed by atoms with Crippen LogP contribution in [0.5, 0.6) is 5.75 Å². The molecule has 1 aliphatic heterocycles. The molecule has 25 heavy (non-hydrogen) atoms. The van der Waals surface area contributed by atoms with E-state index in [1.807, 2.05) is 12.1 Å². The Morgan fingerprint density at radius 1 is 0.960 bits per heavy atom. The number of piperazine rings is 1. The summed E-state index contributed by atoms with van der Waals surface area (Å²) in [7, 11) is 1.66. The number of thiocarbonyl (C=S) groups is 1. The van der Waals surface area contributed by atoms with Crippen LogP contribution in [0.1, 0.15) is 16.7 Å². The lowest BCUT2D eigenvalue weighted by Gasteiger charge is -2.34. The normalized spacial score (nSPS) is 15.9. The van der Waals surface area contributed by atoms with Gasteiger partial charge in [0.05, 0.1) is 12.7 Å². The fraction of sp³-hybridized carbons (Fsp3) is 0.350. The molecule has 0 radical (unpaired) electrons. The second kappa shape index (κ2) is 8.43. The Balaban J connectivity index is 1.54. The third-order valence-corrected chi connectivity index (χ3v) is 4.87. The molecule has 2 aromatic rings. The predicted molar refractivity (Wildman–Crippen MR) is 106 cm³/mol. The molecule has 0 bridgehead atoms. The van der Waals surface area contributed by atoms with Gasteiger partial charge >= 0.3 is 0 Å². The molecular formula is C20H25N3OS. The second-order valence-corrected chi connectivity index (χ2v) is 6.88. The molecule has 0 saturated carbocycles. The highest BCUT2D eigenvalue weighted by Crippen LogP contribution is 2.21. The molecule has 0 aromatic heterocycles. The number of benzene rings is 2. The lowest BCUT2D eigenvalue weighted by Crippen LogP contribution is -2.45. The van der Waals surface area contributed by atoms with Crippen molar-refractivity contribution in [2.24, 2.45) is 5.73 Å². The Labute approximate surface area is 155 Å². The summed E-state index contributed by atoms with van der Waals surface area (Å²) in [6.07, 6.45) is 0. The van der Waals surface area contributed by atoms with E-state index in [1.165, 1.54) is 11.1 Å². The highest BCUT2D eigenvalue weighted by Gasteiger charge is 2.17. The summed E-state index contributed by atoms with van der Waals surface area (Å²) in [5, 5.41) is 0. The van der Waals surface area contributed by atoms with Crippen molar-refractivity contribution in [2.75, 3.05) is 33.3 Å². The maximum atomic E-state index is 5.74. The van der Waals surface area contributed by atoms with Gasteiger partial charge in [-0.15, -0.1) is 0 Å².